The summed E-state index contributed by atoms with van der Waals surface area (Å²) in [5.41, 5.74) is 3.17. The first-order valence-corrected chi connectivity index (χ1v) is 9.78. The van der Waals surface area contributed by atoms with Crippen molar-refractivity contribution in [2.45, 2.75) is 70.1 Å². The minimum atomic E-state index is -0.234. The van der Waals surface area contributed by atoms with Crippen molar-refractivity contribution in [1.29, 1.82) is 0 Å². The molecule has 1 aromatic rings. The molecule has 4 saturated carbocycles. The molecular weight excluding hydrogens is 318 g/mol. The Hall–Kier alpha value is -1.02. The van der Waals surface area contributed by atoms with Gasteiger partial charge < -0.3 is 5.32 Å². The van der Waals surface area contributed by atoms with Crippen LogP contribution in [-0.2, 0) is 4.79 Å². The topological polar surface area (TPSA) is 29.1 Å². The van der Waals surface area contributed by atoms with Gasteiger partial charge in [0.1, 0.15) is 0 Å². The maximum atomic E-state index is 13.4. The number of benzene rings is 1. The van der Waals surface area contributed by atoms with Crippen molar-refractivity contribution in [3.8, 4) is 0 Å². The van der Waals surface area contributed by atoms with E-state index in [2.05, 4.69) is 44.3 Å². The minimum absolute atomic E-state index is 0.117. The van der Waals surface area contributed by atoms with Crippen molar-refractivity contribution < 1.29 is 4.79 Å². The molecule has 3 heteroatoms. The van der Waals surface area contributed by atoms with Crippen LogP contribution >= 0.6 is 11.6 Å². The molecule has 1 aromatic carbocycles. The standard InChI is InChI=1S/C21H28ClNO/c1-13(2)17-6-4-5-14(3)18(17)23-19(24)20-8-15-7-16(9-20)11-21(22,10-15)12-20/h4-6,13,15-16H,7-12H2,1-3H3,(H,23,24). The lowest BCUT2D eigenvalue weighted by Gasteiger charge is -2.59. The van der Waals surface area contributed by atoms with Crippen LogP contribution in [0.5, 0.6) is 0 Å². The monoisotopic (exact) mass is 345 g/mol. The van der Waals surface area contributed by atoms with E-state index in [4.69, 9.17) is 11.6 Å². The van der Waals surface area contributed by atoms with Gasteiger partial charge in [-0.25, -0.2) is 0 Å². The van der Waals surface area contributed by atoms with Crippen molar-refractivity contribution in [2.24, 2.45) is 17.3 Å². The summed E-state index contributed by atoms with van der Waals surface area (Å²) in [5.74, 6) is 1.92. The number of aryl methyl sites for hydroxylation is 1. The molecule has 2 unspecified atom stereocenters. The van der Waals surface area contributed by atoms with E-state index >= 15 is 0 Å². The molecule has 2 nitrogen and oxygen atoms in total. The van der Waals surface area contributed by atoms with Crippen molar-refractivity contribution >= 4 is 23.2 Å². The molecule has 1 N–H and O–H groups in total. The van der Waals surface area contributed by atoms with Gasteiger partial charge in [-0.3, -0.25) is 4.79 Å². The lowest BCUT2D eigenvalue weighted by Crippen LogP contribution is -2.57. The van der Waals surface area contributed by atoms with E-state index in [0.29, 0.717) is 17.8 Å². The highest BCUT2D eigenvalue weighted by atomic mass is 35.5. The number of hydrogen-bond acceptors (Lipinski definition) is 1. The Morgan fingerprint density at radius 3 is 2.46 bits per heavy atom. The summed E-state index contributed by atoms with van der Waals surface area (Å²) >= 11 is 6.90. The van der Waals surface area contributed by atoms with Gasteiger partial charge in [0.2, 0.25) is 5.91 Å². The van der Waals surface area contributed by atoms with E-state index in [-0.39, 0.29) is 16.2 Å². The fraction of sp³-hybridized carbons (Fsp3) is 0.667. The Labute approximate surface area is 150 Å². The van der Waals surface area contributed by atoms with E-state index in [1.807, 2.05) is 0 Å². The number of rotatable bonds is 3. The molecular formula is C21H28ClNO. The van der Waals surface area contributed by atoms with Crippen LogP contribution in [0.15, 0.2) is 18.2 Å². The van der Waals surface area contributed by atoms with Crippen LogP contribution < -0.4 is 5.32 Å². The Morgan fingerprint density at radius 1 is 1.21 bits per heavy atom. The zero-order chi connectivity index (χ0) is 17.1. The number of nitrogens with one attached hydrogen (secondary N) is 1. The summed E-state index contributed by atoms with van der Waals surface area (Å²) in [6.45, 7) is 6.45. The number of hydrogen-bond donors (Lipinski definition) is 1. The van der Waals surface area contributed by atoms with Gasteiger partial charge in [0.25, 0.3) is 0 Å². The first kappa shape index (κ1) is 16.4. The highest BCUT2D eigenvalue weighted by Gasteiger charge is 2.60. The third-order valence-electron chi connectivity index (χ3n) is 6.64. The average molecular weight is 346 g/mol. The Morgan fingerprint density at radius 2 is 1.88 bits per heavy atom. The largest absolute Gasteiger partial charge is 0.325 e. The molecule has 4 fully saturated rings. The fourth-order valence-corrected chi connectivity index (χ4v) is 6.70. The van der Waals surface area contributed by atoms with Gasteiger partial charge in [0.15, 0.2) is 0 Å². The Balaban J connectivity index is 1.64. The minimum Gasteiger partial charge on any atom is -0.325 e. The van der Waals surface area contributed by atoms with Crippen LogP contribution in [0.1, 0.15) is 69.4 Å². The van der Waals surface area contributed by atoms with E-state index in [1.54, 1.807) is 0 Å². The summed E-state index contributed by atoms with van der Waals surface area (Å²) in [6, 6.07) is 6.30. The van der Waals surface area contributed by atoms with E-state index in [1.165, 1.54) is 12.0 Å². The quantitative estimate of drug-likeness (QED) is 0.706. The first-order valence-electron chi connectivity index (χ1n) is 9.40. The van der Waals surface area contributed by atoms with Crippen LogP contribution in [0, 0.1) is 24.2 Å². The van der Waals surface area contributed by atoms with Gasteiger partial charge in [-0.15, -0.1) is 11.6 Å². The molecule has 0 spiro atoms. The van der Waals surface area contributed by atoms with Gasteiger partial charge in [0, 0.05) is 10.6 Å². The SMILES string of the molecule is Cc1cccc(C(C)C)c1NC(=O)C12CC3CC(CC(Cl)(C3)C1)C2. The van der Waals surface area contributed by atoms with Crippen LogP contribution in [0.25, 0.3) is 0 Å². The maximum Gasteiger partial charge on any atom is 0.230 e. The molecule has 4 aliphatic carbocycles. The zero-order valence-electron chi connectivity index (χ0n) is 15.0. The van der Waals surface area contributed by atoms with Crippen LogP contribution in [-0.4, -0.2) is 10.8 Å². The molecule has 0 radical (unpaired) electrons. The van der Waals surface area contributed by atoms with Gasteiger partial charge in [0.05, 0.1) is 5.41 Å². The normalized spacial score (nSPS) is 37.0. The number of anilines is 1. The summed E-state index contributed by atoms with van der Waals surface area (Å²) < 4.78 is 0. The molecule has 1 amide bonds. The zero-order valence-corrected chi connectivity index (χ0v) is 15.7. The van der Waals surface area contributed by atoms with E-state index in [0.717, 1.165) is 43.4 Å². The second-order valence-electron chi connectivity index (χ2n) is 9.04. The van der Waals surface area contributed by atoms with Crippen LogP contribution in [0.4, 0.5) is 5.69 Å². The summed E-state index contributed by atoms with van der Waals surface area (Å²) in [5, 5.41) is 3.34. The number of carbonyl (C=O) groups excluding carboxylic acids is 1. The van der Waals surface area contributed by atoms with Crippen molar-refractivity contribution in [2.75, 3.05) is 5.32 Å². The molecule has 0 saturated heterocycles. The smallest absolute Gasteiger partial charge is 0.230 e. The Bertz CT molecular complexity index is 666. The van der Waals surface area contributed by atoms with Gasteiger partial charge >= 0.3 is 0 Å². The lowest BCUT2D eigenvalue weighted by atomic mass is 9.49. The molecule has 4 bridgehead atoms. The summed E-state index contributed by atoms with van der Waals surface area (Å²) in [7, 11) is 0. The van der Waals surface area contributed by atoms with Crippen molar-refractivity contribution in [3.05, 3.63) is 29.3 Å². The van der Waals surface area contributed by atoms with Crippen LogP contribution in [0.3, 0.4) is 0 Å². The Kier molecular flexibility index (Phi) is 3.76. The number of halogens is 1. The third-order valence-corrected chi connectivity index (χ3v) is 7.08. The van der Waals surface area contributed by atoms with Crippen molar-refractivity contribution in [3.63, 3.8) is 0 Å². The third kappa shape index (κ3) is 2.58. The number of alkyl halides is 1. The van der Waals surface area contributed by atoms with Gasteiger partial charge in [-0.2, -0.15) is 0 Å². The molecule has 0 aromatic heterocycles. The summed E-state index contributed by atoms with van der Waals surface area (Å²) in [6.07, 6.45) is 6.44. The predicted octanol–water partition coefficient (Wildman–Crippen LogP) is 5.63. The molecule has 130 valence electrons. The highest BCUT2D eigenvalue weighted by Crippen LogP contribution is 2.64. The number of para-hydroxylation sites is 1. The van der Waals surface area contributed by atoms with Crippen LogP contribution in [0.2, 0.25) is 0 Å². The first-order chi connectivity index (χ1) is 11.3. The molecule has 0 aliphatic heterocycles. The molecule has 2 atom stereocenters. The van der Waals surface area contributed by atoms with E-state index in [9.17, 15) is 4.79 Å². The fourth-order valence-electron chi connectivity index (χ4n) is 6.00. The maximum absolute atomic E-state index is 13.4. The van der Waals surface area contributed by atoms with Crippen molar-refractivity contribution in [1.82, 2.24) is 0 Å². The van der Waals surface area contributed by atoms with Gasteiger partial charge in [-0.1, -0.05) is 32.0 Å². The lowest BCUT2D eigenvalue weighted by molar-refractivity contribution is -0.138. The molecule has 0 heterocycles. The second-order valence-corrected chi connectivity index (χ2v) is 9.84. The molecule has 5 rings (SSSR count). The average Bonchev–Trinajstić information content (AvgIpc) is 2.46. The van der Waals surface area contributed by atoms with Gasteiger partial charge in [-0.05, 0) is 74.3 Å². The highest BCUT2D eigenvalue weighted by molar-refractivity contribution is 6.24. The molecule has 4 aliphatic rings. The van der Waals surface area contributed by atoms with E-state index < -0.39 is 0 Å². The number of amides is 1. The predicted molar refractivity (Wildman–Crippen MR) is 99.6 cm³/mol. The number of carbonyl (C=O) groups is 1. The molecule has 24 heavy (non-hydrogen) atoms. The summed E-state index contributed by atoms with van der Waals surface area (Å²) in [4.78, 5) is 13.2. The second kappa shape index (κ2) is 5.49.